The molecule has 0 aromatic heterocycles. The van der Waals surface area contributed by atoms with E-state index in [4.69, 9.17) is 0 Å². The number of aryl methyl sites for hydroxylation is 4. The Morgan fingerprint density at radius 2 is 0.944 bits per heavy atom. The lowest BCUT2D eigenvalue weighted by Crippen LogP contribution is -2.00. The standard InChI is InChI=1S/C16H16S2/c17-15-13-7-5-11-1-2-12(4-3-11)6-8-14(10-9-13)16(15)18/h1-4,9-10,17-18H,5-8H2. The Morgan fingerprint density at radius 3 is 1.33 bits per heavy atom. The summed E-state index contributed by atoms with van der Waals surface area (Å²) in [5.41, 5.74) is 5.40. The monoisotopic (exact) mass is 272 g/mol. The minimum atomic E-state index is 1.03. The van der Waals surface area contributed by atoms with Crippen molar-refractivity contribution in [2.24, 2.45) is 0 Å². The van der Waals surface area contributed by atoms with Crippen LogP contribution < -0.4 is 0 Å². The topological polar surface area (TPSA) is 0 Å². The third-order valence-electron chi connectivity index (χ3n) is 3.71. The van der Waals surface area contributed by atoms with Crippen molar-refractivity contribution in [3.8, 4) is 0 Å². The van der Waals surface area contributed by atoms with E-state index in [2.05, 4.69) is 61.7 Å². The van der Waals surface area contributed by atoms with Crippen LogP contribution >= 0.6 is 25.3 Å². The van der Waals surface area contributed by atoms with Crippen LogP contribution in [0, 0.1) is 0 Å². The summed E-state index contributed by atoms with van der Waals surface area (Å²) in [6.45, 7) is 0. The van der Waals surface area contributed by atoms with Crippen LogP contribution in [0.25, 0.3) is 0 Å². The summed E-state index contributed by atoms with van der Waals surface area (Å²) >= 11 is 9.27. The van der Waals surface area contributed by atoms with Crippen LogP contribution in [0.5, 0.6) is 0 Å². The maximum atomic E-state index is 4.64. The normalized spacial score (nSPS) is 14.3. The molecule has 0 nitrogen and oxygen atoms in total. The first-order valence-corrected chi connectivity index (χ1v) is 7.24. The average molecular weight is 272 g/mol. The SMILES string of the molecule is Sc1c2ccc(c1S)CCc1ccc(cc1)CC2. The summed E-state index contributed by atoms with van der Waals surface area (Å²) in [5.74, 6) is 0. The second-order valence-corrected chi connectivity index (χ2v) is 5.79. The average Bonchev–Trinajstić information content (AvgIpc) is 2.38. The third kappa shape index (κ3) is 2.32. The van der Waals surface area contributed by atoms with Gasteiger partial charge in [0.15, 0.2) is 0 Å². The van der Waals surface area contributed by atoms with E-state index in [0.717, 1.165) is 35.5 Å². The van der Waals surface area contributed by atoms with Gasteiger partial charge in [-0.05, 0) is 47.9 Å². The fourth-order valence-corrected chi connectivity index (χ4v) is 3.16. The van der Waals surface area contributed by atoms with Crippen LogP contribution in [0.3, 0.4) is 0 Å². The Kier molecular flexibility index (Phi) is 3.40. The first-order chi connectivity index (χ1) is 8.74. The van der Waals surface area contributed by atoms with Crippen molar-refractivity contribution in [3.05, 3.63) is 58.7 Å². The molecule has 2 aromatic rings. The van der Waals surface area contributed by atoms with Crippen molar-refractivity contribution >= 4 is 25.3 Å². The van der Waals surface area contributed by atoms with Gasteiger partial charge in [-0.15, -0.1) is 25.3 Å². The number of rotatable bonds is 0. The number of benzene rings is 2. The van der Waals surface area contributed by atoms with Crippen molar-refractivity contribution in [1.82, 2.24) is 0 Å². The molecule has 2 heteroatoms. The van der Waals surface area contributed by atoms with Gasteiger partial charge in [-0.1, -0.05) is 36.4 Å². The van der Waals surface area contributed by atoms with Gasteiger partial charge in [0, 0.05) is 9.79 Å². The van der Waals surface area contributed by atoms with Crippen molar-refractivity contribution in [2.75, 3.05) is 0 Å². The van der Waals surface area contributed by atoms with Gasteiger partial charge in [-0.25, -0.2) is 0 Å². The van der Waals surface area contributed by atoms with E-state index in [0.29, 0.717) is 0 Å². The molecule has 4 aliphatic carbocycles. The molecule has 0 saturated carbocycles. The Labute approximate surface area is 119 Å². The molecule has 18 heavy (non-hydrogen) atoms. The Morgan fingerprint density at radius 1 is 0.556 bits per heavy atom. The highest BCUT2D eigenvalue weighted by Gasteiger charge is 2.10. The second-order valence-electron chi connectivity index (χ2n) is 4.90. The van der Waals surface area contributed by atoms with Crippen LogP contribution in [0.15, 0.2) is 46.2 Å². The number of hydrogen-bond acceptors (Lipinski definition) is 2. The second kappa shape index (κ2) is 5.02. The van der Waals surface area contributed by atoms with E-state index in [1.165, 1.54) is 22.3 Å². The van der Waals surface area contributed by atoms with Crippen molar-refractivity contribution < 1.29 is 0 Å². The van der Waals surface area contributed by atoms with Crippen LogP contribution in [0.1, 0.15) is 22.3 Å². The Bertz CT molecular complexity index is 518. The minimum Gasteiger partial charge on any atom is -0.142 e. The molecule has 0 aliphatic heterocycles. The summed E-state index contributed by atoms with van der Waals surface area (Å²) in [5, 5.41) is 0. The molecule has 0 spiro atoms. The molecule has 0 radical (unpaired) electrons. The molecule has 92 valence electrons. The largest absolute Gasteiger partial charge is 0.142 e. The van der Waals surface area contributed by atoms with Gasteiger partial charge in [0.1, 0.15) is 0 Å². The van der Waals surface area contributed by atoms with Crippen molar-refractivity contribution in [1.29, 1.82) is 0 Å². The van der Waals surface area contributed by atoms with Gasteiger partial charge in [0.2, 0.25) is 0 Å². The summed E-state index contributed by atoms with van der Waals surface area (Å²) in [7, 11) is 0. The highest BCUT2D eigenvalue weighted by atomic mass is 32.1. The molecule has 0 saturated heterocycles. The lowest BCUT2D eigenvalue weighted by molar-refractivity contribution is 0.869. The Hall–Kier alpha value is -0.860. The van der Waals surface area contributed by atoms with E-state index >= 15 is 0 Å². The summed E-state index contributed by atoms with van der Waals surface area (Å²) in [6.07, 6.45) is 4.21. The predicted octanol–water partition coefficient (Wildman–Crippen LogP) is 4.15. The molecule has 0 amide bonds. The molecular formula is C16H16S2. The van der Waals surface area contributed by atoms with E-state index in [1.807, 2.05) is 0 Å². The van der Waals surface area contributed by atoms with Gasteiger partial charge in [0.05, 0.1) is 0 Å². The van der Waals surface area contributed by atoms with Gasteiger partial charge < -0.3 is 0 Å². The predicted molar refractivity (Wildman–Crippen MR) is 82.2 cm³/mol. The van der Waals surface area contributed by atoms with E-state index in [1.54, 1.807) is 0 Å². The van der Waals surface area contributed by atoms with Crippen LogP contribution in [-0.2, 0) is 25.7 Å². The molecular weight excluding hydrogens is 256 g/mol. The maximum Gasteiger partial charge on any atom is 0.0209 e. The first kappa shape index (κ1) is 12.2. The zero-order chi connectivity index (χ0) is 12.5. The first-order valence-electron chi connectivity index (χ1n) is 6.34. The number of thiol groups is 2. The lowest BCUT2D eigenvalue weighted by Gasteiger charge is -2.14. The summed E-state index contributed by atoms with van der Waals surface area (Å²) in [4.78, 5) is 2.12. The molecule has 0 N–H and O–H groups in total. The molecule has 4 bridgehead atoms. The quantitative estimate of drug-likeness (QED) is 0.661. The highest BCUT2D eigenvalue weighted by Crippen LogP contribution is 2.29. The Balaban J connectivity index is 2.05. The van der Waals surface area contributed by atoms with Crippen LogP contribution in [0.4, 0.5) is 0 Å². The molecule has 0 fully saturated rings. The molecule has 6 rings (SSSR count). The smallest absolute Gasteiger partial charge is 0.0209 e. The summed E-state index contributed by atoms with van der Waals surface area (Å²) in [6, 6.07) is 13.4. The van der Waals surface area contributed by atoms with Crippen molar-refractivity contribution in [3.63, 3.8) is 0 Å². The van der Waals surface area contributed by atoms with Crippen LogP contribution in [-0.4, -0.2) is 0 Å². The van der Waals surface area contributed by atoms with Gasteiger partial charge in [-0.3, -0.25) is 0 Å². The highest BCUT2D eigenvalue weighted by molar-refractivity contribution is 7.83. The van der Waals surface area contributed by atoms with Gasteiger partial charge in [0.25, 0.3) is 0 Å². The summed E-state index contributed by atoms with van der Waals surface area (Å²) < 4.78 is 0. The fourth-order valence-electron chi connectivity index (χ4n) is 2.50. The zero-order valence-electron chi connectivity index (χ0n) is 10.2. The maximum absolute atomic E-state index is 4.64. The van der Waals surface area contributed by atoms with Crippen molar-refractivity contribution in [2.45, 2.75) is 35.5 Å². The van der Waals surface area contributed by atoms with E-state index in [-0.39, 0.29) is 0 Å². The number of hydrogen-bond donors (Lipinski definition) is 2. The molecule has 0 heterocycles. The van der Waals surface area contributed by atoms with Crippen LogP contribution in [0.2, 0.25) is 0 Å². The van der Waals surface area contributed by atoms with Gasteiger partial charge in [-0.2, -0.15) is 0 Å². The minimum absolute atomic E-state index is 1.03. The molecule has 4 aliphatic rings. The van der Waals surface area contributed by atoms with E-state index in [9.17, 15) is 0 Å². The zero-order valence-corrected chi connectivity index (χ0v) is 12.0. The molecule has 2 aromatic carbocycles. The third-order valence-corrected chi connectivity index (χ3v) is 4.91. The lowest BCUT2D eigenvalue weighted by atomic mass is 9.96. The van der Waals surface area contributed by atoms with Gasteiger partial charge >= 0.3 is 0 Å². The molecule has 0 atom stereocenters. The fraction of sp³-hybridized carbons (Fsp3) is 0.250. The van der Waals surface area contributed by atoms with E-state index < -0.39 is 0 Å². The molecule has 0 unspecified atom stereocenters.